The van der Waals surface area contributed by atoms with Gasteiger partial charge in [0.25, 0.3) is 0 Å². The monoisotopic (exact) mass is 245 g/mol. The summed E-state index contributed by atoms with van der Waals surface area (Å²) in [6.45, 7) is 5.81. The molecule has 98 valence electrons. The molecule has 1 aliphatic rings. The SMILES string of the molecule is C/C=C/CO[C@H](C[N+](=O)[O-])[C@@H]1COC(C)(C)O1. The van der Waals surface area contributed by atoms with Crippen LogP contribution in [0.2, 0.25) is 0 Å². The van der Waals surface area contributed by atoms with Gasteiger partial charge < -0.3 is 14.2 Å². The summed E-state index contributed by atoms with van der Waals surface area (Å²) in [4.78, 5) is 10.2. The second-order valence-corrected chi connectivity index (χ2v) is 4.32. The number of rotatable bonds is 6. The number of nitro groups is 1. The van der Waals surface area contributed by atoms with Crippen LogP contribution in [0.15, 0.2) is 12.2 Å². The fourth-order valence-electron chi connectivity index (χ4n) is 1.60. The van der Waals surface area contributed by atoms with Gasteiger partial charge in [-0.3, -0.25) is 10.1 Å². The van der Waals surface area contributed by atoms with Gasteiger partial charge in [0.2, 0.25) is 6.54 Å². The van der Waals surface area contributed by atoms with E-state index in [9.17, 15) is 10.1 Å². The molecule has 0 unspecified atom stereocenters. The summed E-state index contributed by atoms with van der Waals surface area (Å²) in [5, 5.41) is 10.6. The van der Waals surface area contributed by atoms with E-state index in [4.69, 9.17) is 14.2 Å². The molecule has 0 saturated carbocycles. The molecule has 0 amide bonds. The Labute approximate surface area is 101 Å². The van der Waals surface area contributed by atoms with Gasteiger partial charge in [-0.2, -0.15) is 0 Å². The van der Waals surface area contributed by atoms with Crippen molar-refractivity contribution >= 4 is 0 Å². The third-order valence-corrected chi connectivity index (χ3v) is 2.42. The third kappa shape index (κ3) is 4.80. The van der Waals surface area contributed by atoms with Gasteiger partial charge in [0.1, 0.15) is 6.10 Å². The highest BCUT2D eigenvalue weighted by Crippen LogP contribution is 2.25. The molecule has 6 heteroatoms. The lowest BCUT2D eigenvalue weighted by molar-refractivity contribution is -0.494. The fraction of sp³-hybridized carbons (Fsp3) is 0.818. The van der Waals surface area contributed by atoms with Crippen LogP contribution in [0.25, 0.3) is 0 Å². The van der Waals surface area contributed by atoms with Crippen LogP contribution in [0.4, 0.5) is 0 Å². The standard InChI is InChI=1S/C11H19NO5/c1-4-5-6-15-9(7-12(13)14)10-8-16-11(2,3)17-10/h4-5,9-10H,6-8H2,1-3H3/b5-4+/t9-,10+/m1/s1. The Hall–Kier alpha value is -0.980. The topological polar surface area (TPSA) is 70.8 Å². The molecule has 1 heterocycles. The molecule has 1 fully saturated rings. The average molecular weight is 245 g/mol. The molecule has 17 heavy (non-hydrogen) atoms. The van der Waals surface area contributed by atoms with Crippen molar-refractivity contribution in [3.8, 4) is 0 Å². The van der Waals surface area contributed by atoms with Crippen LogP contribution >= 0.6 is 0 Å². The fourth-order valence-corrected chi connectivity index (χ4v) is 1.60. The Morgan fingerprint density at radius 2 is 2.35 bits per heavy atom. The van der Waals surface area contributed by atoms with Gasteiger partial charge in [-0.1, -0.05) is 12.2 Å². The highest BCUT2D eigenvalue weighted by Gasteiger charge is 2.39. The summed E-state index contributed by atoms with van der Waals surface area (Å²) in [6.07, 6.45) is 2.66. The molecule has 1 saturated heterocycles. The number of nitrogens with zero attached hydrogens (tertiary/aromatic N) is 1. The molecular weight excluding hydrogens is 226 g/mol. The Morgan fingerprint density at radius 1 is 1.65 bits per heavy atom. The maximum absolute atomic E-state index is 10.6. The lowest BCUT2D eigenvalue weighted by atomic mass is 10.2. The Bertz CT molecular complexity index is 290. The zero-order valence-electron chi connectivity index (χ0n) is 10.4. The zero-order valence-corrected chi connectivity index (χ0v) is 10.4. The van der Waals surface area contributed by atoms with Crippen LogP contribution in [-0.2, 0) is 14.2 Å². The summed E-state index contributed by atoms with van der Waals surface area (Å²) in [5.41, 5.74) is 0. The molecule has 0 spiro atoms. The Kier molecular flexibility index (Phi) is 5.04. The van der Waals surface area contributed by atoms with E-state index in [1.807, 2.05) is 13.0 Å². The van der Waals surface area contributed by atoms with Crippen LogP contribution in [0.1, 0.15) is 20.8 Å². The van der Waals surface area contributed by atoms with Crippen LogP contribution < -0.4 is 0 Å². The van der Waals surface area contributed by atoms with Crippen molar-refractivity contribution in [1.82, 2.24) is 0 Å². The van der Waals surface area contributed by atoms with E-state index in [1.54, 1.807) is 19.9 Å². The van der Waals surface area contributed by atoms with Crippen molar-refractivity contribution in [2.45, 2.75) is 38.8 Å². The predicted molar refractivity (Wildman–Crippen MR) is 61.3 cm³/mol. The van der Waals surface area contributed by atoms with Crippen LogP contribution in [0.3, 0.4) is 0 Å². The first-order chi connectivity index (χ1) is 7.94. The molecule has 6 nitrogen and oxygen atoms in total. The molecule has 0 radical (unpaired) electrons. The molecule has 0 aromatic rings. The quantitative estimate of drug-likeness (QED) is 0.401. The van der Waals surface area contributed by atoms with Gasteiger partial charge in [0.15, 0.2) is 11.9 Å². The van der Waals surface area contributed by atoms with Crippen molar-refractivity contribution in [2.24, 2.45) is 0 Å². The summed E-state index contributed by atoms with van der Waals surface area (Å²) < 4.78 is 16.4. The van der Waals surface area contributed by atoms with Gasteiger partial charge in [0, 0.05) is 4.92 Å². The molecule has 1 rings (SSSR count). The highest BCUT2D eigenvalue weighted by molar-refractivity contribution is 4.81. The largest absolute Gasteiger partial charge is 0.364 e. The molecular formula is C11H19NO5. The van der Waals surface area contributed by atoms with Crippen molar-refractivity contribution in [1.29, 1.82) is 0 Å². The van der Waals surface area contributed by atoms with Gasteiger partial charge >= 0.3 is 0 Å². The maximum atomic E-state index is 10.6. The summed E-state index contributed by atoms with van der Waals surface area (Å²) >= 11 is 0. The van der Waals surface area contributed by atoms with Gasteiger partial charge in [-0.25, -0.2) is 0 Å². The van der Waals surface area contributed by atoms with Gasteiger partial charge in [0.05, 0.1) is 13.2 Å². The number of hydrogen-bond acceptors (Lipinski definition) is 5. The number of ether oxygens (including phenoxy) is 3. The first-order valence-electron chi connectivity index (χ1n) is 5.61. The van der Waals surface area contributed by atoms with Crippen molar-refractivity contribution in [3.05, 3.63) is 22.3 Å². The summed E-state index contributed by atoms with van der Waals surface area (Å²) in [6, 6.07) is 0. The number of hydrogen-bond donors (Lipinski definition) is 0. The van der Waals surface area contributed by atoms with Crippen molar-refractivity contribution in [2.75, 3.05) is 19.8 Å². The van der Waals surface area contributed by atoms with E-state index in [2.05, 4.69) is 0 Å². The predicted octanol–water partition coefficient (Wildman–Crippen LogP) is 1.38. The second kappa shape index (κ2) is 6.09. The lowest BCUT2D eigenvalue weighted by Gasteiger charge is -2.21. The molecule has 0 aromatic heterocycles. The molecule has 0 N–H and O–H groups in total. The second-order valence-electron chi connectivity index (χ2n) is 4.32. The van der Waals surface area contributed by atoms with E-state index in [-0.39, 0.29) is 12.6 Å². The van der Waals surface area contributed by atoms with Crippen molar-refractivity contribution < 1.29 is 19.1 Å². The summed E-state index contributed by atoms with van der Waals surface area (Å²) in [7, 11) is 0. The minimum Gasteiger partial charge on any atom is -0.364 e. The first-order valence-corrected chi connectivity index (χ1v) is 5.61. The molecule has 0 bridgehead atoms. The van der Waals surface area contributed by atoms with Gasteiger partial charge in [-0.05, 0) is 20.8 Å². The first kappa shape index (κ1) is 14.1. The molecule has 0 aromatic carbocycles. The van der Waals surface area contributed by atoms with Crippen LogP contribution in [0, 0.1) is 10.1 Å². The third-order valence-electron chi connectivity index (χ3n) is 2.42. The normalized spacial score (nSPS) is 25.2. The molecule has 0 aliphatic carbocycles. The van der Waals surface area contributed by atoms with E-state index in [0.717, 1.165) is 0 Å². The van der Waals surface area contributed by atoms with Gasteiger partial charge in [-0.15, -0.1) is 0 Å². The molecule has 1 aliphatic heterocycles. The van der Waals surface area contributed by atoms with Crippen LogP contribution in [-0.4, -0.2) is 42.7 Å². The minimum absolute atomic E-state index is 0.276. The van der Waals surface area contributed by atoms with E-state index in [0.29, 0.717) is 13.2 Å². The minimum atomic E-state index is -0.691. The van der Waals surface area contributed by atoms with E-state index in [1.165, 1.54) is 0 Å². The smallest absolute Gasteiger partial charge is 0.232 e. The Morgan fingerprint density at radius 3 is 2.82 bits per heavy atom. The van der Waals surface area contributed by atoms with E-state index >= 15 is 0 Å². The zero-order chi connectivity index (χ0) is 12.9. The summed E-state index contributed by atoms with van der Waals surface area (Å²) in [5.74, 6) is -0.691. The highest BCUT2D eigenvalue weighted by atomic mass is 16.7. The average Bonchev–Trinajstić information content (AvgIpc) is 2.57. The molecule has 2 atom stereocenters. The van der Waals surface area contributed by atoms with Crippen LogP contribution in [0.5, 0.6) is 0 Å². The Balaban J connectivity index is 2.53. The van der Waals surface area contributed by atoms with E-state index < -0.39 is 16.8 Å². The number of allylic oxidation sites excluding steroid dienone is 1. The van der Waals surface area contributed by atoms with Crippen molar-refractivity contribution in [3.63, 3.8) is 0 Å². The maximum Gasteiger partial charge on any atom is 0.232 e. The lowest BCUT2D eigenvalue weighted by Crippen LogP contribution is -2.38.